The highest BCUT2D eigenvalue weighted by atomic mass is 32.2. The highest BCUT2D eigenvalue weighted by Gasteiger charge is 2.37. The van der Waals surface area contributed by atoms with Crippen molar-refractivity contribution in [2.24, 2.45) is 11.1 Å². The van der Waals surface area contributed by atoms with Gasteiger partial charge < -0.3 is 10.7 Å². The number of hydrogen-bond acceptors (Lipinski definition) is 4. The van der Waals surface area contributed by atoms with E-state index < -0.39 is 0 Å². The van der Waals surface area contributed by atoms with Crippen LogP contribution in [0.5, 0.6) is 0 Å². The van der Waals surface area contributed by atoms with Crippen molar-refractivity contribution in [1.29, 1.82) is 0 Å². The summed E-state index contributed by atoms with van der Waals surface area (Å²) in [5, 5.41) is 1.02. The second kappa shape index (κ2) is 5.05. The van der Waals surface area contributed by atoms with Gasteiger partial charge in [-0.2, -0.15) is 0 Å². The standard InChI is InChI=1S/C13H21N3OS/c1-8-7-10(17)16-12(15-8)18-9-5-4-6-13(2,3)11(9)14/h7,9,11H,4-6,14H2,1-3H3,(H,15,16,17). The van der Waals surface area contributed by atoms with Crippen molar-refractivity contribution in [3.05, 3.63) is 22.1 Å². The summed E-state index contributed by atoms with van der Waals surface area (Å²) >= 11 is 1.61. The Morgan fingerprint density at radius 1 is 1.56 bits per heavy atom. The van der Waals surface area contributed by atoms with Crippen LogP contribution in [0.1, 0.15) is 38.8 Å². The molecule has 5 heteroatoms. The minimum Gasteiger partial charge on any atom is -0.326 e. The maximum Gasteiger partial charge on any atom is 0.251 e. The smallest absolute Gasteiger partial charge is 0.251 e. The summed E-state index contributed by atoms with van der Waals surface area (Å²) in [6.45, 7) is 6.28. The molecule has 1 aliphatic carbocycles. The summed E-state index contributed by atoms with van der Waals surface area (Å²) in [7, 11) is 0. The molecule has 1 aromatic rings. The fraction of sp³-hybridized carbons (Fsp3) is 0.692. The number of rotatable bonds is 2. The lowest BCUT2D eigenvalue weighted by molar-refractivity contribution is 0.208. The van der Waals surface area contributed by atoms with Gasteiger partial charge in [-0.25, -0.2) is 4.98 Å². The Labute approximate surface area is 112 Å². The summed E-state index contributed by atoms with van der Waals surface area (Å²) in [4.78, 5) is 18.6. The molecule has 1 fully saturated rings. The molecule has 1 aromatic heterocycles. The maximum atomic E-state index is 11.4. The van der Waals surface area contributed by atoms with Gasteiger partial charge in [-0.05, 0) is 25.2 Å². The molecule has 2 rings (SSSR count). The zero-order valence-corrected chi connectivity index (χ0v) is 12.0. The highest BCUT2D eigenvalue weighted by molar-refractivity contribution is 7.99. The van der Waals surface area contributed by atoms with Crippen molar-refractivity contribution in [2.45, 2.75) is 56.5 Å². The van der Waals surface area contributed by atoms with Crippen LogP contribution in [-0.4, -0.2) is 21.3 Å². The first-order valence-electron chi connectivity index (χ1n) is 6.39. The first-order valence-corrected chi connectivity index (χ1v) is 7.27. The molecule has 0 aliphatic heterocycles. The monoisotopic (exact) mass is 267 g/mol. The number of aromatic nitrogens is 2. The lowest BCUT2D eigenvalue weighted by atomic mass is 9.73. The second-order valence-electron chi connectivity index (χ2n) is 5.75. The maximum absolute atomic E-state index is 11.4. The number of H-pyrrole nitrogens is 1. The van der Waals surface area contributed by atoms with E-state index in [1.54, 1.807) is 11.8 Å². The van der Waals surface area contributed by atoms with E-state index in [1.165, 1.54) is 18.9 Å². The molecular weight excluding hydrogens is 246 g/mol. The number of nitrogens with one attached hydrogen (secondary N) is 1. The molecule has 2 unspecified atom stereocenters. The van der Waals surface area contributed by atoms with E-state index in [4.69, 9.17) is 5.73 Å². The number of nitrogens with two attached hydrogens (primary N) is 1. The van der Waals surface area contributed by atoms with Crippen LogP contribution in [0.4, 0.5) is 0 Å². The highest BCUT2D eigenvalue weighted by Crippen LogP contribution is 2.40. The van der Waals surface area contributed by atoms with Crippen LogP contribution in [0, 0.1) is 12.3 Å². The van der Waals surface area contributed by atoms with Gasteiger partial charge >= 0.3 is 0 Å². The lowest BCUT2D eigenvalue weighted by Crippen LogP contribution is -2.48. The van der Waals surface area contributed by atoms with Gasteiger partial charge in [0.1, 0.15) is 0 Å². The Hall–Kier alpha value is -0.810. The van der Waals surface area contributed by atoms with Crippen LogP contribution in [0.25, 0.3) is 0 Å². The SMILES string of the molecule is Cc1cc(=O)[nH]c(SC2CCCC(C)(C)C2N)n1. The normalized spacial score (nSPS) is 27.1. The molecule has 0 spiro atoms. The van der Waals surface area contributed by atoms with E-state index in [1.807, 2.05) is 6.92 Å². The minimum atomic E-state index is -0.0892. The lowest BCUT2D eigenvalue weighted by Gasteiger charge is -2.41. The zero-order valence-electron chi connectivity index (χ0n) is 11.2. The summed E-state index contributed by atoms with van der Waals surface area (Å²) in [6.07, 6.45) is 3.45. The molecule has 18 heavy (non-hydrogen) atoms. The van der Waals surface area contributed by atoms with Gasteiger partial charge in [-0.3, -0.25) is 4.79 Å². The third-order valence-electron chi connectivity index (χ3n) is 3.72. The molecule has 1 aliphatic rings. The summed E-state index contributed by atoms with van der Waals surface area (Å²) < 4.78 is 0. The largest absolute Gasteiger partial charge is 0.326 e. The van der Waals surface area contributed by atoms with Gasteiger partial charge in [0.15, 0.2) is 5.16 Å². The molecule has 0 aromatic carbocycles. The average molecular weight is 267 g/mol. The predicted molar refractivity (Wildman–Crippen MR) is 74.8 cm³/mol. The van der Waals surface area contributed by atoms with Crippen LogP contribution in [0.15, 0.2) is 16.0 Å². The first-order chi connectivity index (χ1) is 8.38. The first kappa shape index (κ1) is 13.6. The predicted octanol–water partition coefficient (Wildman–Crippen LogP) is 2.08. The van der Waals surface area contributed by atoms with Gasteiger partial charge in [-0.15, -0.1) is 0 Å². The van der Waals surface area contributed by atoms with Crippen molar-refractivity contribution >= 4 is 11.8 Å². The van der Waals surface area contributed by atoms with Crippen molar-refractivity contribution < 1.29 is 0 Å². The van der Waals surface area contributed by atoms with Crippen LogP contribution in [0.3, 0.4) is 0 Å². The fourth-order valence-electron chi connectivity index (χ4n) is 2.49. The number of nitrogens with zero attached hydrogens (tertiary/aromatic N) is 1. The second-order valence-corrected chi connectivity index (χ2v) is 6.98. The Bertz CT molecular complexity index is 483. The molecule has 4 nitrogen and oxygen atoms in total. The van der Waals surface area contributed by atoms with Crippen LogP contribution in [-0.2, 0) is 0 Å². The Balaban J connectivity index is 2.15. The van der Waals surface area contributed by atoms with Crippen molar-refractivity contribution in [1.82, 2.24) is 9.97 Å². The Morgan fingerprint density at radius 2 is 2.28 bits per heavy atom. The van der Waals surface area contributed by atoms with E-state index in [-0.39, 0.29) is 17.0 Å². The van der Waals surface area contributed by atoms with E-state index in [0.717, 1.165) is 12.1 Å². The minimum absolute atomic E-state index is 0.0892. The topological polar surface area (TPSA) is 71.8 Å². The molecule has 0 saturated heterocycles. The number of aromatic amines is 1. The van der Waals surface area contributed by atoms with Crippen molar-refractivity contribution in [3.8, 4) is 0 Å². The van der Waals surface area contributed by atoms with E-state index >= 15 is 0 Å². The van der Waals surface area contributed by atoms with Gasteiger partial charge in [-0.1, -0.05) is 32.0 Å². The zero-order chi connectivity index (χ0) is 13.3. The molecule has 1 heterocycles. The molecule has 0 amide bonds. The third kappa shape index (κ3) is 2.95. The molecule has 0 radical (unpaired) electrons. The van der Waals surface area contributed by atoms with E-state index in [0.29, 0.717) is 10.4 Å². The summed E-state index contributed by atoms with van der Waals surface area (Å²) in [5.74, 6) is 0. The average Bonchev–Trinajstić information content (AvgIpc) is 2.23. The van der Waals surface area contributed by atoms with Gasteiger partial charge in [0.25, 0.3) is 5.56 Å². The van der Waals surface area contributed by atoms with E-state index in [2.05, 4.69) is 23.8 Å². The van der Waals surface area contributed by atoms with Gasteiger partial charge in [0.2, 0.25) is 0 Å². The van der Waals surface area contributed by atoms with Gasteiger partial charge in [0.05, 0.1) is 0 Å². The van der Waals surface area contributed by atoms with Crippen molar-refractivity contribution in [3.63, 3.8) is 0 Å². The molecule has 3 N–H and O–H groups in total. The summed E-state index contributed by atoms with van der Waals surface area (Å²) in [5.41, 5.74) is 7.17. The Morgan fingerprint density at radius 3 is 2.94 bits per heavy atom. The third-order valence-corrected chi connectivity index (χ3v) is 4.97. The molecular formula is C13H21N3OS. The molecule has 2 atom stereocenters. The Kier molecular flexibility index (Phi) is 3.82. The van der Waals surface area contributed by atoms with Crippen LogP contribution in [0.2, 0.25) is 0 Å². The number of aryl methyl sites for hydroxylation is 1. The summed E-state index contributed by atoms with van der Waals surface area (Å²) in [6, 6.07) is 1.65. The molecule has 100 valence electrons. The quantitative estimate of drug-likeness (QED) is 0.805. The van der Waals surface area contributed by atoms with Gasteiger partial charge in [0, 0.05) is 23.1 Å². The fourth-order valence-corrected chi connectivity index (χ4v) is 3.93. The van der Waals surface area contributed by atoms with Crippen LogP contribution < -0.4 is 11.3 Å². The van der Waals surface area contributed by atoms with Crippen LogP contribution >= 0.6 is 11.8 Å². The molecule has 1 saturated carbocycles. The number of thioether (sulfide) groups is 1. The van der Waals surface area contributed by atoms with Crippen molar-refractivity contribution in [2.75, 3.05) is 0 Å². The number of hydrogen-bond donors (Lipinski definition) is 2. The molecule has 0 bridgehead atoms. The van der Waals surface area contributed by atoms with E-state index in [9.17, 15) is 4.79 Å².